The van der Waals surface area contributed by atoms with Crippen LogP contribution >= 0.6 is 0 Å². The van der Waals surface area contributed by atoms with Crippen LogP contribution in [0.25, 0.3) is 0 Å². The number of nitrogens with one attached hydrogen (secondary N) is 1. The first-order valence-corrected chi connectivity index (χ1v) is 9.32. The van der Waals surface area contributed by atoms with Crippen LogP contribution in [0.1, 0.15) is 46.9 Å². The summed E-state index contributed by atoms with van der Waals surface area (Å²) in [5.41, 5.74) is 0.695. The molecule has 0 radical (unpaired) electrons. The van der Waals surface area contributed by atoms with Gasteiger partial charge in [-0.25, -0.2) is 4.39 Å². The van der Waals surface area contributed by atoms with Gasteiger partial charge < -0.3 is 4.90 Å². The third-order valence-electron chi connectivity index (χ3n) is 4.88. The maximum absolute atomic E-state index is 13.0. The van der Waals surface area contributed by atoms with Crippen molar-refractivity contribution in [3.8, 4) is 0 Å². The predicted octanol–water partition coefficient (Wildman–Crippen LogP) is 2.36. The molecule has 1 unspecified atom stereocenters. The highest BCUT2D eigenvalue weighted by Crippen LogP contribution is 2.31. The predicted molar refractivity (Wildman–Crippen MR) is 104 cm³/mol. The molecule has 4 rings (SSSR count). The lowest BCUT2D eigenvalue weighted by atomic mass is 9.96. The van der Waals surface area contributed by atoms with Gasteiger partial charge in [0.1, 0.15) is 5.82 Å². The Hall–Kier alpha value is -3.62. The van der Waals surface area contributed by atoms with E-state index in [-0.39, 0.29) is 17.6 Å². The van der Waals surface area contributed by atoms with Crippen molar-refractivity contribution in [2.45, 2.75) is 25.3 Å². The Bertz CT molecular complexity index is 1070. The molecular formula is C20H19FN6O2. The zero-order valence-electron chi connectivity index (χ0n) is 15.5. The summed E-state index contributed by atoms with van der Waals surface area (Å²) in [5, 5.41) is 10.3. The van der Waals surface area contributed by atoms with Crippen LogP contribution in [0.3, 0.4) is 0 Å². The van der Waals surface area contributed by atoms with Crippen molar-refractivity contribution >= 4 is 12.1 Å². The van der Waals surface area contributed by atoms with Crippen LogP contribution in [0.4, 0.5) is 4.39 Å². The Balaban J connectivity index is 1.57. The number of nitrogens with zero attached hydrogens (tertiary/aromatic N) is 5. The number of piperidine rings is 1. The van der Waals surface area contributed by atoms with Crippen LogP contribution in [0.5, 0.6) is 0 Å². The van der Waals surface area contributed by atoms with Crippen LogP contribution in [-0.2, 0) is 0 Å². The van der Waals surface area contributed by atoms with Crippen LogP contribution in [0, 0.1) is 5.82 Å². The molecule has 3 heterocycles. The van der Waals surface area contributed by atoms with Crippen molar-refractivity contribution in [3.63, 3.8) is 0 Å². The van der Waals surface area contributed by atoms with Crippen molar-refractivity contribution in [2.24, 2.45) is 5.10 Å². The molecule has 29 heavy (non-hydrogen) atoms. The van der Waals surface area contributed by atoms with Crippen molar-refractivity contribution in [1.82, 2.24) is 25.0 Å². The highest BCUT2D eigenvalue weighted by atomic mass is 19.1. The number of halogens is 1. The van der Waals surface area contributed by atoms with E-state index in [1.165, 1.54) is 30.5 Å². The Kier molecular flexibility index (Phi) is 5.28. The second-order valence-corrected chi connectivity index (χ2v) is 6.77. The molecule has 3 aromatic rings. The van der Waals surface area contributed by atoms with E-state index in [1.54, 1.807) is 17.3 Å². The summed E-state index contributed by atoms with van der Waals surface area (Å²) in [6, 6.07) is 9.26. The van der Waals surface area contributed by atoms with Crippen molar-refractivity contribution in [1.29, 1.82) is 0 Å². The topological polar surface area (TPSA) is 96.2 Å². The van der Waals surface area contributed by atoms with E-state index >= 15 is 0 Å². The molecule has 1 aliphatic rings. The molecule has 1 amide bonds. The number of benzene rings is 1. The molecule has 1 atom stereocenters. The smallest absolute Gasteiger partial charge is 0.320 e. The molecular weight excluding hydrogens is 375 g/mol. The second-order valence-electron chi connectivity index (χ2n) is 6.77. The number of amides is 1. The van der Waals surface area contributed by atoms with Gasteiger partial charge in [-0.2, -0.15) is 10.3 Å². The highest BCUT2D eigenvalue weighted by Gasteiger charge is 2.31. The van der Waals surface area contributed by atoms with Crippen molar-refractivity contribution in [3.05, 3.63) is 81.8 Å². The minimum Gasteiger partial charge on any atom is -0.330 e. The number of carbonyl (C=O) groups is 1. The summed E-state index contributed by atoms with van der Waals surface area (Å²) >= 11 is 0. The van der Waals surface area contributed by atoms with Gasteiger partial charge in [0.05, 0.1) is 12.3 Å². The number of hydrogen-bond donors (Lipinski definition) is 1. The average Bonchev–Trinajstić information content (AvgIpc) is 3.14. The zero-order valence-corrected chi connectivity index (χ0v) is 15.5. The van der Waals surface area contributed by atoms with E-state index in [4.69, 9.17) is 0 Å². The summed E-state index contributed by atoms with van der Waals surface area (Å²) in [6.45, 7) is 0.545. The molecule has 8 nitrogen and oxygen atoms in total. The molecule has 1 N–H and O–H groups in total. The largest absolute Gasteiger partial charge is 0.330 e. The third kappa shape index (κ3) is 3.98. The SMILES string of the molecule is O=C(c1n[nH]n(N=Cc2ccc(F)cc2)c1=O)N1CCCCC1c1cccnc1. The summed E-state index contributed by atoms with van der Waals surface area (Å²) in [6.07, 6.45) is 7.47. The molecule has 0 bridgehead atoms. The van der Waals surface area contributed by atoms with Gasteiger partial charge in [-0.15, -0.1) is 9.89 Å². The normalized spacial score (nSPS) is 17.0. The lowest BCUT2D eigenvalue weighted by Gasteiger charge is -2.35. The van der Waals surface area contributed by atoms with Crippen LogP contribution < -0.4 is 5.56 Å². The number of rotatable bonds is 4. The van der Waals surface area contributed by atoms with E-state index in [2.05, 4.69) is 20.4 Å². The maximum atomic E-state index is 13.0. The van der Waals surface area contributed by atoms with Gasteiger partial charge >= 0.3 is 5.56 Å². The fraction of sp³-hybridized carbons (Fsp3) is 0.250. The Labute approximate surface area is 165 Å². The first kappa shape index (κ1) is 18.7. The van der Waals surface area contributed by atoms with Crippen LogP contribution in [-0.4, -0.2) is 43.7 Å². The summed E-state index contributed by atoms with van der Waals surface area (Å²) in [5.74, 6) is -0.797. The fourth-order valence-corrected chi connectivity index (χ4v) is 3.41. The van der Waals surface area contributed by atoms with E-state index in [9.17, 15) is 14.0 Å². The molecule has 0 saturated carbocycles. The quantitative estimate of drug-likeness (QED) is 0.687. The molecule has 1 aliphatic heterocycles. The van der Waals surface area contributed by atoms with Gasteiger partial charge in [0.2, 0.25) is 5.69 Å². The third-order valence-corrected chi connectivity index (χ3v) is 4.88. The van der Waals surface area contributed by atoms with Crippen molar-refractivity contribution < 1.29 is 9.18 Å². The molecule has 148 valence electrons. The van der Waals surface area contributed by atoms with Gasteiger partial charge in [0, 0.05) is 18.9 Å². The Morgan fingerprint density at radius 1 is 1.24 bits per heavy atom. The molecule has 0 spiro atoms. The number of carbonyl (C=O) groups excluding carboxylic acids is 1. The minimum atomic E-state index is -0.635. The van der Waals surface area contributed by atoms with Crippen LogP contribution in [0.2, 0.25) is 0 Å². The Morgan fingerprint density at radius 2 is 2.07 bits per heavy atom. The average molecular weight is 394 g/mol. The van der Waals surface area contributed by atoms with E-state index in [0.717, 1.165) is 29.6 Å². The molecule has 1 saturated heterocycles. The number of likely N-dealkylation sites (tertiary alicyclic amines) is 1. The monoisotopic (exact) mass is 394 g/mol. The van der Waals surface area contributed by atoms with Gasteiger partial charge in [0.15, 0.2) is 0 Å². The first-order valence-electron chi connectivity index (χ1n) is 9.32. The standard InChI is InChI=1S/C20H19FN6O2/c21-16-8-6-14(7-9-16)12-23-27-20(29)18(24-25-27)19(28)26-11-2-1-5-17(26)15-4-3-10-22-13-15/h3-4,6-10,12-13,17,25H,1-2,5,11H2. The van der Waals surface area contributed by atoms with Gasteiger partial charge in [-0.1, -0.05) is 18.2 Å². The number of aromatic nitrogens is 4. The number of hydrogen-bond acceptors (Lipinski definition) is 5. The minimum absolute atomic E-state index is 0.141. The second kappa shape index (κ2) is 8.17. The van der Waals surface area contributed by atoms with E-state index in [1.807, 2.05) is 12.1 Å². The van der Waals surface area contributed by atoms with Gasteiger partial charge in [0.25, 0.3) is 5.91 Å². The number of H-pyrrole nitrogens is 1. The van der Waals surface area contributed by atoms with E-state index in [0.29, 0.717) is 12.1 Å². The zero-order chi connectivity index (χ0) is 20.2. The summed E-state index contributed by atoms with van der Waals surface area (Å²) in [7, 11) is 0. The molecule has 2 aromatic heterocycles. The summed E-state index contributed by atoms with van der Waals surface area (Å²) < 4.78 is 13.0. The number of pyridine rings is 1. The van der Waals surface area contributed by atoms with Gasteiger partial charge in [-0.3, -0.25) is 14.6 Å². The summed E-state index contributed by atoms with van der Waals surface area (Å²) in [4.78, 5) is 32.4. The number of aromatic amines is 1. The molecule has 9 heteroatoms. The first-order chi connectivity index (χ1) is 14.1. The maximum Gasteiger partial charge on any atom is 0.320 e. The lowest BCUT2D eigenvalue weighted by molar-refractivity contribution is 0.0603. The molecule has 0 aliphatic carbocycles. The van der Waals surface area contributed by atoms with Crippen molar-refractivity contribution in [2.75, 3.05) is 6.54 Å². The Morgan fingerprint density at radius 3 is 2.83 bits per heavy atom. The van der Waals surface area contributed by atoms with Gasteiger partial charge in [-0.05, 0) is 48.6 Å². The molecule has 1 aromatic carbocycles. The fourth-order valence-electron chi connectivity index (χ4n) is 3.41. The highest BCUT2D eigenvalue weighted by molar-refractivity contribution is 5.92. The molecule has 1 fully saturated rings. The van der Waals surface area contributed by atoms with E-state index < -0.39 is 11.5 Å². The lowest BCUT2D eigenvalue weighted by Crippen LogP contribution is -2.40. The van der Waals surface area contributed by atoms with Crippen LogP contribution in [0.15, 0.2) is 58.7 Å².